The van der Waals surface area contributed by atoms with Gasteiger partial charge in [0.25, 0.3) is 0 Å². The van der Waals surface area contributed by atoms with Crippen molar-refractivity contribution >= 4 is 15.9 Å². The van der Waals surface area contributed by atoms with Crippen LogP contribution in [0.1, 0.15) is 25.3 Å². The summed E-state index contributed by atoms with van der Waals surface area (Å²) in [7, 11) is 1.66. The lowest BCUT2D eigenvalue weighted by molar-refractivity contribution is -0.00100. The van der Waals surface area contributed by atoms with Crippen molar-refractivity contribution < 1.29 is 34.3 Å². The quantitative estimate of drug-likeness (QED) is 0.485. The Balaban J connectivity index is 0.00000242. The Labute approximate surface area is 160 Å². The molecule has 0 aliphatic carbocycles. The van der Waals surface area contributed by atoms with Crippen LogP contribution in [0.5, 0.6) is 11.5 Å². The van der Waals surface area contributed by atoms with Crippen LogP contribution in [0.4, 0.5) is 0 Å². The largest absolute Gasteiger partial charge is 1.00 e. The number of piperidine rings is 1. The van der Waals surface area contributed by atoms with Gasteiger partial charge in [-0.05, 0) is 78.9 Å². The molecule has 1 saturated heterocycles. The minimum Gasteiger partial charge on any atom is -1.00 e. The molecule has 0 spiro atoms. The van der Waals surface area contributed by atoms with Crippen molar-refractivity contribution in [2.24, 2.45) is 5.92 Å². The molecule has 1 aliphatic heterocycles. The van der Waals surface area contributed by atoms with Gasteiger partial charge in [0.1, 0.15) is 0 Å². The zero-order valence-electron chi connectivity index (χ0n) is 13.6. The van der Waals surface area contributed by atoms with Crippen molar-refractivity contribution in [2.45, 2.75) is 26.3 Å². The molecule has 1 aromatic rings. The zero-order chi connectivity index (χ0) is 15.1. The first-order chi connectivity index (χ1) is 10.2. The highest BCUT2D eigenvalue weighted by Crippen LogP contribution is 2.36. The van der Waals surface area contributed by atoms with Crippen molar-refractivity contribution in [3.05, 3.63) is 22.2 Å². The first-order valence-electron chi connectivity index (χ1n) is 7.65. The molecule has 2 rings (SSSR count). The number of hydrogen-bond acceptors (Lipinski definition) is 4. The normalized spacial score (nSPS) is 14.6. The second-order valence-corrected chi connectivity index (χ2v) is 6.22. The van der Waals surface area contributed by atoms with E-state index < -0.39 is 0 Å². The molecule has 0 atom stereocenters. The van der Waals surface area contributed by atoms with E-state index in [1.807, 2.05) is 6.92 Å². The molecule has 1 aliphatic rings. The van der Waals surface area contributed by atoms with Crippen LogP contribution in [0.3, 0.4) is 0 Å². The first-order valence-corrected chi connectivity index (χ1v) is 8.44. The van der Waals surface area contributed by atoms with E-state index in [1.165, 1.54) is 18.4 Å². The molecule has 0 aromatic heterocycles. The summed E-state index contributed by atoms with van der Waals surface area (Å²) in [4.78, 5) is 0. The van der Waals surface area contributed by atoms with Gasteiger partial charge in [0.15, 0.2) is 11.5 Å². The minimum absolute atomic E-state index is 0. The summed E-state index contributed by atoms with van der Waals surface area (Å²) < 4.78 is 12.0. The Kier molecular flexibility index (Phi) is 12.1. The number of methoxy groups -OCH3 is 1. The third kappa shape index (κ3) is 7.06. The molecule has 23 heavy (non-hydrogen) atoms. The number of hydrogen-bond donors (Lipinski definition) is 2. The molecule has 1 heterocycles. The lowest BCUT2D eigenvalue weighted by atomic mass is 9.98. The summed E-state index contributed by atoms with van der Waals surface area (Å²) in [6.45, 7) is 6.84. The number of rotatable bonds is 7. The van der Waals surface area contributed by atoms with Crippen LogP contribution in [-0.2, 0) is 6.54 Å². The van der Waals surface area contributed by atoms with Crippen molar-refractivity contribution in [1.29, 1.82) is 0 Å². The number of nitrogens with one attached hydrogen (secondary N) is 2. The molecular weight excluding hydrogens is 403 g/mol. The highest BCUT2D eigenvalue weighted by Gasteiger charge is 2.13. The van der Waals surface area contributed by atoms with Crippen LogP contribution in [0.2, 0.25) is 0 Å². The summed E-state index contributed by atoms with van der Waals surface area (Å²) in [5, 5.41) is 6.96. The molecule has 0 bridgehead atoms. The van der Waals surface area contributed by atoms with Crippen molar-refractivity contribution in [2.75, 3.05) is 33.4 Å². The minimum atomic E-state index is 0. The molecule has 2 N–H and O–H groups in total. The number of benzene rings is 1. The maximum absolute atomic E-state index is 5.65. The van der Waals surface area contributed by atoms with Gasteiger partial charge in [0.05, 0.1) is 18.2 Å². The third-order valence-electron chi connectivity index (χ3n) is 3.79. The summed E-state index contributed by atoms with van der Waals surface area (Å²) >= 11 is 3.56. The molecular formula is C16H25BrCl2N2O2-2. The molecule has 0 amide bonds. The Bertz CT molecular complexity index is 458. The molecule has 0 radical (unpaired) electrons. The highest BCUT2D eigenvalue weighted by atomic mass is 79.9. The van der Waals surface area contributed by atoms with Crippen molar-refractivity contribution in [3.63, 3.8) is 0 Å². The SMILES string of the molecule is CCOc1cc(CNCC2CCNCC2)cc(Br)c1OC.[Cl-].[Cl-]. The van der Waals surface area contributed by atoms with Gasteiger partial charge in [0, 0.05) is 6.54 Å². The first kappa shape index (κ1) is 22.8. The van der Waals surface area contributed by atoms with E-state index in [9.17, 15) is 0 Å². The van der Waals surface area contributed by atoms with E-state index in [1.54, 1.807) is 7.11 Å². The highest BCUT2D eigenvalue weighted by molar-refractivity contribution is 9.10. The second kappa shape index (κ2) is 12.2. The Morgan fingerprint density at radius 3 is 2.57 bits per heavy atom. The summed E-state index contributed by atoms with van der Waals surface area (Å²) in [5.41, 5.74) is 1.21. The van der Waals surface area contributed by atoms with Gasteiger partial charge in [-0.15, -0.1) is 0 Å². The van der Waals surface area contributed by atoms with Crippen LogP contribution in [0.25, 0.3) is 0 Å². The van der Waals surface area contributed by atoms with E-state index in [2.05, 4.69) is 38.7 Å². The fraction of sp³-hybridized carbons (Fsp3) is 0.625. The zero-order valence-corrected chi connectivity index (χ0v) is 16.7. The van der Waals surface area contributed by atoms with Gasteiger partial charge >= 0.3 is 0 Å². The lowest BCUT2D eigenvalue weighted by Crippen LogP contribution is -3.00. The second-order valence-electron chi connectivity index (χ2n) is 5.37. The molecule has 4 nitrogen and oxygen atoms in total. The fourth-order valence-electron chi connectivity index (χ4n) is 2.69. The Morgan fingerprint density at radius 1 is 1.26 bits per heavy atom. The van der Waals surface area contributed by atoms with Crippen LogP contribution in [0.15, 0.2) is 16.6 Å². The van der Waals surface area contributed by atoms with E-state index >= 15 is 0 Å². The molecule has 0 unspecified atom stereocenters. The average Bonchev–Trinajstić information content (AvgIpc) is 2.48. The molecule has 1 fully saturated rings. The maximum Gasteiger partial charge on any atom is 0.174 e. The molecule has 7 heteroatoms. The topological polar surface area (TPSA) is 42.5 Å². The van der Waals surface area contributed by atoms with E-state index in [4.69, 9.17) is 9.47 Å². The van der Waals surface area contributed by atoms with E-state index in [0.29, 0.717) is 6.61 Å². The van der Waals surface area contributed by atoms with Gasteiger partial charge in [-0.1, -0.05) is 0 Å². The van der Waals surface area contributed by atoms with Gasteiger partial charge in [-0.2, -0.15) is 0 Å². The average molecular weight is 428 g/mol. The van der Waals surface area contributed by atoms with E-state index in [-0.39, 0.29) is 24.8 Å². The van der Waals surface area contributed by atoms with Crippen LogP contribution >= 0.6 is 15.9 Å². The van der Waals surface area contributed by atoms with Crippen LogP contribution < -0.4 is 44.9 Å². The summed E-state index contributed by atoms with van der Waals surface area (Å²) in [6, 6.07) is 4.15. The predicted octanol–water partition coefficient (Wildman–Crippen LogP) is -3.05. The van der Waals surface area contributed by atoms with Crippen LogP contribution in [0, 0.1) is 5.92 Å². The van der Waals surface area contributed by atoms with Crippen LogP contribution in [-0.4, -0.2) is 33.4 Å². The Morgan fingerprint density at radius 2 is 1.96 bits per heavy atom. The molecule has 134 valence electrons. The summed E-state index contributed by atoms with van der Waals surface area (Å²) in [5.74, 6) is 2.35. The van der Waals surface area contributed by atoms with Gasteiger partial charge in [-0.3, -0.25) is 0 Å². The van der Waals surface area contributed by atoms with Crippen molar-refractivity contribution in [1.82, 2.24) is 10.6 Å². The fourth-order valence-corrected chi connectivity index (χ4v) is 3.34. The van der Waals surface area contributed by atoms with Crippen molar-refractivity contribution in [3.8, 4) is 11.5 Å². The monoisotopic (exact) mass is 426 g/mol. The molecule has 0 saturated carbocycles. The standard InChI is InChI=1S/C16H25BrN2O2.2ClH/c1-3-21-15-9-13(8-14(17)16(15)20-2)11-19-10-12-4-6-18-7-5-12;;/h8-9,12,18-19H,3-7,10-11H2,1-2H3;2*1H/p-2. The maximum atomic E-state index is 5.65. The van der Waals surface area contributed by atoms with Gasteiger partial charge in [-0.25, -0.2) is 0 Å². The van der Waals surface area contributed by atoms with E-state index in [0.717, 1.165) is 48.1 Å². The molecule has 1 aromatic carbocycles. The van der Waals surface area contributed by atoms with Gasteiger partial charge in [0.2, 0.25) is 0 Å². The van der Waals surface area contributed by atoms with Gasteiger partial charge < -0.3 is 44.9 Å². The summed E-state index contributed by atoms with van der Waals surface area (Å²) in [6.07, 6.45) is 2.53. The number of ether oxygens (including phenoxy) is 2. The predicted molar refractivity (Wildman–Crippen MR) is 89.2 cm³/mol. The smallest absolute Gasteiger partial charge is 0.174 e. The Hall–Kier alpha value is -0.200. The number of halogens is 3. The lowest BCUT2D eigenvalue weighted by Gasteiger charge is -2.23. The third-order valence-corrected chi connectivity index (χ3v) is 4.38.